The standard InChI is InChI=1S/C24H19ClN2O2S/c25-17-6-5-7-18(15-17)27-23(28)22(30-24(27)29)14-16-10-11-21(26-12-3-4-13-26)20-9-2-1-8-19(16)20/h1-2,5-11,14-15H,3-4,12-13H2/b22-14+. The minimum atomic E-state index is -0.319. The van der Waals surface area contributed by atoms with Gasteiger partial charge >= 0.3 is 0 Å². The van der Waals surface area contributed by atoms with Gasteiger partial charge in [0.15, 0.2) is 0 Å². The molecule has 3 aromatic carbocycles. The number of halogens is 1. The van der Waals surface area contributed by atoms with Gasteiger partial charge in [0, 0.05) is 29.2 Å². The van der Waals surface area contributed by atoms with E-state index in [1.54, 1.807) is 24.3 Å². The summed E-state index contributed by atoms with van der Waals surface area (Å²) in [5.74, 6) is -0.319. The second kappa shape index (κ2) is 7.82. The molecule has 0 aromatic heterocycles. The third-order valence-corrected chi connectivity index (χ3v) is 6.63. The number of rotatable bonds is 3. The van der Waals surface area contributed by atoms with Gasteiger partial charge in [0.05, 0.1) is 10.6 Å². The molecular formula is C24H19ClN2O2S. The van der Waals surface area contributed by atoms with Crippen molar-refractivity contribution in [2.45, 2.75) is 12.8 Å². The molecule has 5 rings (SSSR count). The van der Waals surface area contributed by atoms with Crippen LogP contribution in [-0.2, 0) is 4.79 Å². The van der Waals surface area contributed by atoms with Crippen LogP contribution in [0.5, 0.6) is 0 Å². The van der Waals surface area contributed by atoms with Gasteiger partial charge in [-0.05, 0) is 65.9 Å². The van der Waals surface area contributed by atoms with Crippen LogP contribution in [0.4, 0.5) is 16.2 Å². The average Bonchev–Trinajstić information content (AvgIpc) is 3.37. The van der Waals surface area contributed by atoms with Crippen LogP contribution in [0.25, 0.3) is 16.8 Å². The quantitative estimate of drug-likeness (QED) is 0.451. The third kappa shape index (κ3) is 3.38. The maximum Gasteiger partial charge on any atom is 0.298 e. The van der Waals surface area contributed by atoms with Crippen LogP contribution < -0.4 is 9.80 Å². The molecule has 4 nitrogen and oxygen atoms in total. The summed E-state index contributed by atoms with van der Waals surface area (Å²) in [4.78, 5) is 29.6. The van der Waals surface area contributed by atoms with E-state index in [2.05, 4.69) is 23.1 Å². The van der Waals surface area contributed by atoms with Crippen molar-refractivity contribution in [1.82, 2.24) is 0 Å². The highest BCUT2D eigenvalue weighted by atomic mass is 35.5. The van der Waals surface area contributed by atoms with Gasteiger partial charge in [-0.3, -0.25) is 9.59 Å². The Balaban J connectivity index is 1.54. The summed E-state index contributed by atoms with van der Waals surface area (Å²) >= 11 is 7.00. The highest BCUT2D eigenvalue weighted by Gasteiger charge is 2.36. The highest BCUT2D eigenvalue weighted by molar-refractivity contribution is 8.19. The summed E-state index contributed by atoms with van der Waals surface area (Å²) < 4.78 is 0. The zero-order chi connectivity index (χ0) is 20.7. The van der Waals surface area contributed by atoms with Gasteiger partial charge in [-0.15, -0.1) is 0 Å². The Kier molecular flexibility index (Phi) is 5.01. The van der Waals surface area contributed by atoms with Crippen LogP contribution in [0.15, 0.2) is 65.6 Å². The molecule has 0 bridgehead atoms. The maximum absolute atomic E-state index is 13.0. The van der Waals surface area contributed by atoms with Crippen molar-refractivity contribution < 1.29 is 9.59 Å². The van der Waals surface area contributed by atoms with Crippen LogP contribution in [0, 0.1) is 0 Å². The molecule has 2 heterocycles. The second-order valence-corrected chi connectivity index (χ2v) is 8.84. The van der Waals surface area contributed by atoms with E-state index in [9.17, 15) is 9.59 Å². The number of hydrogen-bond acceptors (Lipinski definition) is 4. The minimum Gasteiger partial charge on any atom is -0.371 e. The lowest BCUT2D eigenvalue weighted by atomic mass is 10.0. The molecule has 0 atom stereocenters. The summed E-state index contributed by atoms with van der Waals surface area (Å²) in [7, 11) is 0. The Hall–Kier alpha value is -2.76. The van der Waals surface area contributed by atoms with E-state index < -0.39 is 0 Å². The minimum absolute atomic E-state index is 0.313. The molecule has 150 valence electrons. The van der Waals surface area contributed by atoms with Gasteiger partial charge < -0.3 is 4.90 Å². The van der Waals surface area contributed by atoms with Crippen molar-refractivity contribution in [2.75, 3.05) is 22.9 Å². The summed E-state index contributed by atoms with van der Waals surface area (Å²) in [6.45, 7) is 2.14. The van der Waals surface area contributed by atoms with Crippen molar-refractivity contribution in [1.29, 1.82) is 0 Å². The van der Waals surface area contributed by atoms with Crippen molar-refractivity contribution in [2.24, 2.45) is 0 Å². The summed E-state index contributed by atoms with van der Waals surface area (Å²) in [5.41, 5.74) is 2.65. The number of nitrogens with zero attached hydrogens (tertiary/aromatic N) is 2. The Morgan fingerprint density at radius 3 is 2.43 bits per heavy atom. The lowest BCUT2D eigenvalue weighted by molar-refractivity contribution is -0.113. The molecule has 2 aliphatic heterocycles. The lowest BCUT2D eigenvalue weighted by Gasteiger charge is -2.20. The number of benzene rings is 3. The van der Waals surface area contributed by atoms with Crippen LogP contribution in [-0.4, -0.2) is 24.2 Å². The fraction of sp³-hybridized carbons (Fsp3) is 0.167. The number of carbonyl (C=O) groups excluding carboxylic acids is 2. The number of thioether (sulfide) groups is 1. The van der Waals surface area contributed by atoms with E-state index in [4.69, 9.17) is 11.6 Å². The Morgan fingerprint density at radius 1 is 0.900 bits per heavy atom. The monoisotopic (exact) mass is 434 g/mol. The molecule has 6 heteroatoms. The Labute approximate surface area is 184 Å². The van der Waals surface area contributed by atoms with Crippen LogP contribution in [0.3, 0.4) is 0 Å². The van der Waals surface area contributed by atoms with E-state index in [0.29, 0.717) is 15.6 Å². The molecule has 0 unspecified atom stereocenters. The molecule has 2 saturated heterocycles. The normalized spacial score (nSPS) is 18.2. The van der Waals surface area contributed by atoms with E-state index in [0.717, 1.165) is 35.8 Å². The van der Waals surface area contributed by atoms with Gasteiger partial charge in [0.1, 0.15) is 0 Å². The SMILES string of the molecule is O=C1S/C(=C/c2ccc(N3CCCC3)c3ccccc23)C(=O)N1c1cccc(Cl)c1. The van der Waals surface area contributed by atoms with E-state index in [1.165, 1.54) is 28.8 Å². The van der Waals surface area contributed by atoms with Gasteiger partial charge in [-0.25, -0.2) is 4.90 Å². The zero-order valence-electron chi connectivity index (χ0n) is 16.2. The number of fused-ring (bicyclic) bond motifs is 1. The van der Waals surface area contributed by atoms with Crippen LogP contribution >= 0.6 is 23.4 Å². The van der Waals surface area contributed by atoms with Gasteiger partial charge in [-0.1, -0.05) is 48.0 Å². The largest absolute Gasteiger partial charge is 0.371 e. The number of imide groups is 1. The first-order chi connectivity index (χ1) is 14.6. The first kappa shape index (κ1) is 19.2. The fourth-order valence-electron chi connectivity index (χ4n) is 4.11. The maximum atomic E-state index is 13.0. The lowest BCUT2D eigenvalue weighted by Crippen LogP contribution is -2.27. The molecule has 0 saturated carbocycles. The van der Waals surface area contributed by atoms with Gasteiger partial charge in [0.2, 0.25) is 0 Å². The summed E-state index contributed by atoms with van der Waals surface area (Å²) in [6, 6.07) is 19.2. The highest BCUT2D eigenvalue weighted by Crippen LogP contribution is 2.38. The van der Waals surface area contributed by atoms with E-state index in [1.807, 2.05) is 24.3 Å². The van der Waals surface area contributed by atoms with E-state index >= 15 is 0 Å². The first-order valence-corrected chi connectivity index (χ1v) is 11.1. The zero-order valence-corrected chi connectivity index (χ0v) is 17.7. The summed E-state index contributed by atoms with van der Waals surface area (Å²) in [6.07, 6.45) is 4.25. The molecule has 2 fully saturated rings. The predicted molar refractivity (Wildman–Crippen MR) is 125 cm³/mol. The van der Waals surface area contributed by atoms with Crippen molar-refractivity contribution in [3.05, 3.63) is 76.2 Å². The smallest absolute Gasteiger partial charge is 0.298 e. The molecular weight excluding hydrogens is 416 g/mol. The molecule has 3 aromatic rings. The second-order valence-electron chi connectivity index (χ2n) is 7.41. The molecule has 0 radical (unpaired) electrons. The molecule has 0 aliphatic carbocycles. The van der Waals surface area contributed by atoms with Crippen molar-refractivity contribution in [3.8, 4) is 0 Å². The molecule has 30 heavy (non-hydrogen) atoms. The van der Waals surface area contributed by atoms with E-state index in [-0.39, 0.29) is 11.1 Å². The van der Waals surface area contributed by atoms with Crippen LogP contribution in [0.1, 0.15) is 18.4 Å². The number of anilines is 2. The Morgan fingerprint density at radius 2 is 1.67 bits per heavy atom. The molecule has 2 amide bonds. The molecule has 2 aliphatic rings. The average molecular weight is 435 g/mol. The number of carbonyl (C=O) groups is 2. The Bertz CT molecular complexity index is 1200. The third-order valence-electron chi connectivity index (χ3n) is 5.53. The number of hydrogen-bond donors (Lipinski definition) is 0. The van der Waals surface area contributed by atoms with Crippen molar-refractivity contribution in [3.63, 3.8) is 0 Å². The summed E-state index contributed by atoms with van der Waals surface area (Å²) in [5, 5.41) is 2.42. The fourth-order valence-corrected chi connectivity index (χ4v) is 5.13. The predicted octanol–water partition coefficient (Wildman–Crippen LogP) is 6.33. The first-order valence-electron chi connectivity index (χ1n) is 9.92. The van der Waals surface area contributed by atoms with Gasteiger partial charge in [0.25, 0.3) is 11.1 Å². The topological polar surface area (TPSA) is 40.6 Å². The molecule has 0 N–H and O–H groups in total. The van der Waals surface area contributed by atoms with Gasteiger partial charge in [-0.2, -0.15) is 0 Å². The molecule has 0 spiro atoms. The van der Waals surface area contributed by atoms with Crippen molar-refractivity contribution >= 4 is 62.7 Å². The van der Waals surface area contributed by atoms with Crippen LogP contribution in [0.2, 0.25) is 5.02 Å². The number of amides is 2.